The van der Waals surface area contributed by atoms with Crippen LogP contribution in [0.2, 0.25) is 11.6 Å². The van der Waals surface area contributed by atoms with E-state index in [0.29, 0.717) is 5.54 Å². The normalized spacial score (nSPS) is 14.4. The Bertz CT molecular complexity index is 133. The Morgan fingerprint density at radius 2 is 1.50 bits per heavy atom. The lowest BCUT2D eigenvalue weighted by Gasteiger charge is -2.34. The molecule has 0 amide bonds. The van der Waals surface area contributed by atoms with Gasteiger partial charge in [0.05, 0.1) is 0 Å². The first-order valence-corrected chi connectivity index (χ1v) is 8.04. The second-order valence-electron chi connectivity index (χ2n) is 3.72. The van der Waals surface area contributed by atoms with Crippen molar-refractivity contribution in [3.63, 3.8) is 0 Å². The summed E-state index contributed by atoms with van der Waals surface area (Å²) < 4.78 is 11.9. The highest BCUT2D eigenvalue weighted by molar-refractivity contribution is 6.68. The van der Waals surface area contributed by atoms with Crippen molar-refractivity contribution in [3.8, 4) is 0 Å². The van der Waals surface area contributed by atoms with Gasteiger partial charge in [0.15, 0.2) is 0 Å². The van der Waals surface area contributed by atoms with Gasteiger partial charge in [-0.3, -0.25) is 0 Å². The van der Waals surface area contributed by atoms with Crippen LogP contribution in [0.5, 0.6) is 0 Å². The van der Waals surface area contributed by atoms with E-state index in [9.17, 15) is 0 Å². The molecule has 86 valence electrons. The zero-order valence-electron chi connectivity index (χ0n) is 10.4. The number of hydrogen-bond donors (Lipinski definition) is 0. The molecule has 0 N–H and O–H groups in total. The maximum atomic E-state index is 5.95. The van der Waals surface area contributed by atoms with Crippen LogP contribution in [0.25, 0.3) is 0 Å². The number of rotatable bonds is 8. The Balaban J connectivity index is 4.45. The van der Waals surface area contributed by atoms with Crippen molar-refractivity contribution in [2.45, 2.75) is 59.0 Å². The summed E-state index contributed by atoms with van der Waals surface area (Å²) in [5.74, 6) is 0. The summed E-state index contributed by atoms with van der Waals surface area (Å²) in [6, 6.07) is 1.07. The molecule has 0 saturated carbocycles. The van der Waals surface area contributed by atoms with Crippen molar-refractivity contribution >= 4 is 8.56 Å². The molecule has 0 saturated heterocycles. The van der Waals surface area contributed by atoms with E-state index in [0.717, 1.165) is 19.3 Å². The van der Waals surface area contributed by atoms with Gasteiger partial charge < -0.3 is 8.85 Å². The minimum absolute atomic E-state index is 0.609. The molecule has 0 bridgehead atoms. The fraction of sp³-hybridized carbons (Fsp3) is 1.00. The van der Waals surface area contributed by atoms with Gasteiger partial charge in [0.25, 0.3) is 0 Å². The van der Waals surface area contributed by atoms with Crippen LogP contribution in [0.1, 0.15) is 47.5 Å². The predicted octanol–water partition coefficient (Wildman–Crippen LogP) is 3.71. The summed E-state index contributed by atoms with van der Waals surface area (Å²) in [6.45, 7) is 12.4. The maximum Gasteiger partial charge on any atom is 0.340 e. The Morgan fingerprint density at radius 1 is 1.00 bits per heavy atom. The first-order chi connectivity index (χ1) is 6.66. The predicted molar refractivity (Wildman–Crippen MR) is 63.8 cm³/mol. The lowest BCUT2D eigenvalue weighted by molar-refractivity contribution is 0.173. The van der Waals surface area contributed by atoms with Crippen LogP contribution in [-0.2, 0) is 8.85 Å². The maximum absolute atomic E-state index is 5.95. The van der Waals surface area contributed by atoms with Crippen LogP contribution in [-0.4, -0.2) is 21.8 Å². The topological polar surface area (TPSA) is 18.5 Å². The summed E-state index contributed by atoms with van der Waals surface area (Å²) in [5.41, 5.74) is 0.609. The van der Waals surface area contributed by atoms with Crippen molar-refractivity contribution in [1.82, 2.24) is 0 Å². The van der Waals surface area contributed by atoms with Gasteiger partial charge in [0.2, 0.25) is 0 Å². The van der Waals surface area contributed by atoms with Crippen LogP contribution in [0.4, 0.5) is 0 Å². The summed E-state index contributed by atoms with van der Waals surface area (Å²) >= 11 is 0. The molecule has 0 rings (SSSR count). The van der Waals surface area contributed by atoms with Gasteiger partial charge in [0.1, 0.15) is 0 Å². The molecule has 0 aliphatic rings. The molecule has 0 fully saturated rings. The summed E-state index contributed by atoms with van der Waals surface area (Å²) in [5, 5.41) is 0. The molecule has 0 aromatic heterocycles. The molecule has 3 heteroatoms. The monoisotopic (exact) mass is 218 g/mol. The van der Waals surface area contributed by atoms with E-state index in [1.165, 1.54) is 12.8 Å². The average molecular weight is 218 g/mol. The highest BCUT2D eigenvalue weighted by Gasteiger charge is 2.40. The van der Waals surface area contributed by atoms with E-state index in [-0.39, 0.29) is 0 Å². The van der Waals surface area contributed by atoms with E-state index in [1.807, 2.05) is 0 Å². The minimum Gasteiger partial charge on any atom is -0.394 e. The quantitative estimate of drug-likeness (QED) is 0.578. The molecule has 14 heavy (non-hydrogen) atoms. The average Bonchev–Trinajstić information content (AvgIpc) is 2.17. The first kappa shape index (κ1) is 14.1. The molecule has 0 aliphatic carbocycles. The van der Waals surface area contributed by atoms with Crippen molar-refractivity contribution in [3.05, 3.63) is 0 Å². The van der Waals surface area contributed by atoms with Crippen molar-refractivity contribution in [1.29, 1.82) is 0 Å². The van der Waals surface area contributed by atoms with Crippen LogP contribution in [0.3, 0.4) is 0 Å². The Hall–Kier alpha value is 0.137. The molecule has 0 aliphatic heterocycles. The summed E-state index contributed by atoms with van der Waals surface area (Å²) in [7, 11) is -1.89. The molecule has 0 radical (unpaired) electrons. The second-order valence-corrected chi connectivity index (χ2v) is 7.61. The molecule has 2 nitrogen and oxygen atoms in total. The van der Waals surface area contributed by atoms with Crippen molar-refractivity contribution < 1.29 is 8.85 Å². The van der Waals surface area contributed by atoms with E-state index >= 15 is 0 Å². The zero-order chi connectivity index (χ0) is 11.0. The lowest BCUT2D eigenvalue weighted by atomic mass is 10.3. The minimum atomic E-state index is -1.89. The number of hydrogen-bond acceptors (Lipinski definition) is 2. The third-order valence-corrected chi connectivity index (χ3v) is 7.07. The molecule has 0 aromatic carbocycles. The van der Waals surface area contributed by atoms with Gasteiger partial charge in [-0.25, -0.2) is 0 Å². The highest BCUT2D eigenvalue weighted by atomic mass is 28.4. The highest BCUT2D eigenvalue weighted by Crippen LogP contribution is 2.31. The van der Waals surface area contributed by atoms with Crippen LogP contribution in [0.15, 0.2) is 0 Å². The summed E-state index contributed by atoms with van der Waals surface area (Å²) in [6.07, 6.45) is 2.44. The van der Waals surface area contributed by atoms with Crippen LogP contribution in [0, 0.1) is 0 Å². The third-order valence-electron chi connectivity index (χ3n) is 2.74. The molecule has 0 aromatic rings. The van der Waals surface area contributed by atoms with Crippen molar-refractivity contribution in [2.24, 2.45) is 0 Å². The molecule has 0 spiro atoms. The smallest absolute Gasteiger partial charge is 0.340 e. The van der Waals surface area contributed by atoms with E-state index < -0.39 is 8.56 Å². The first-order valence-electron chi connectivity index (χ1n) is 5.94. The van der Waals surface area contributed by atoms with E-state index in [4.69, 9.17) is 8.85 Å². The van der Waals surface area contributed by atoms with Gasteiger partial charge in [-0.2, -0.15) is 0 Å². The lowest BCUT2D eigenvalue weighted by Crippen LogP contribution is -2.45. The van der Waals surface area contributed by atoms with E-state index in [2.05, 4.69) is 34.6 Å². The SMILES string of the molecule is CCCC(C)[Si](CC)(OCC)OCC. The standard InChI is InChI=1S/C11H26O2Si/c1-6-10-11(5)14(9-4,12-7-2)13-8-3/h11H,6-10H2,1-5H3. The van der Waals surface area contributed by atoms with Crippen LogP contribution < -0.4 is 0 Å². The fourth-order valence-corrected chi connectivity index (χ4v) is 5.48. The zero-order valence-corrected chi connectivity index (χ0v) is 11.4. The molecular formula is C11H26O2Si. The van der Waals surface area contributed by atoms with Gasteiger partial charge in [-0.15, -0.1) is 0 Å². The summed E-state index contributed by atoms with van der Waals surface area (Å²) in [4.78, 5) is 0. The Kier molecular flexibility index (Phi) is 7.50. The van der Waals surface area contributed by atoms with Gasteiger partial charge in [-0.1, -0.05) is 27.2 Å². The van der Waals surface area contributed by atoms with E-state index in [1.54, 1.807) is 0 Å². The molecule has 1 unspecified atom stereocenters. The Morgan fingerprint density at radius 3 is 1.79 bits per heavy atom. The third kappa shape index (κ3) is 3.71. The van der Waals surface area contributed by atoms with Gasteiger partial charge in [-0.05, 0) is 31.9 Å². The Labute approximate surface area is 90.2 Å². The molecule has 1 atom stereocenters. The van der Waals surface area contributed by atoms with Crippen LogP contribution >= 0.6 is 0 Å². The van der Waals surface area contributed by atoms with Crippen molar-refractivity contribution in [2.75, 3.05) is 13.2 Å². The van der Waals surface area contributed by atoms with Gasteiger partial charge in [0, 0.05) is 13.2 Å². The van der Waals surface area contributed by atoms with Gasteiger partial charge >= 0.3 is 8.56 Å². The largest absolute Gasteiger partial charge is 0.394 e. The second kappa shape index (κ2) is 7.43. The fourth-order valence-electron chi connectivity index (χ4n) is 2.02. The molecular weight excluding hydrogens is 192 g/mol. The molecule has 0 heterocycles.